The largest absolute Gasteiger partial charge is 0.492 e. The Morgan fingerprint density at radius 2 is 1.65 bits per heavy atom. The maximum Gasteiger partial charge on any atom is 0.142 e. The Labute approximate surface area is 139 Å². The fourth-order valence-electron chi connectivity index (χ4n) is 2.24. The Morgan fingerprint density at radius 3 is 2.39 bits per heavy atom. The zero-order valence-corrected chi connectivity index (χ0v) is 14.2. The number of hydrogen-bond acceptors (Lipinski definition) is 3. The van der Waals surface area contributed by atoms with Crippen LogP contribution in [0.5, 0.6) is 11.5 Å². The molecule has 0 radical (unpaired) electrons. The number of aryl methyl sites for hydroxylation is 1. The van der Waals surface area contributed by atoms with Crippen molar-refractivity contribution in [1.82, 2.24) is 0 Å². The highest BCUT2D eigenvalue weighted by molar-refractivity contribution is 5.56. The molecular weight excluding hydrogens is 286 g/mol. The lowest BCUT2D eigenvalue weighted by atomic mass is 10.2. The van der Waals surface area contributed by atoms with E-state index >= 15 is 0 Å². The predicted octanol–water partition coefficient (Wildman–Crippen LogP) is 4.92. The quantitative estimate of drug-likeness (QED) is 0.632. The highest BCUT2D eigenvalue weighted by Gasteiger charge is 2.02. The molecule has 0 fully saturated rings. The molecule has 0 aliphatic carbocycles. The monoisotopic (exact) mass is 313 g/mol. The second kappa shape index (κ2) is 9.78. The Hall–Kier alpha value is -2.16. The Kier molecular flexibility index (Phi) is 7.31. The molecule has 2 aromatic carbocycles. The number of unbranched alkanes of at least 4 members (excludes halogenated alkanes) is 1. The normalized spacial score (nSPS) is 10.3. The van der Waals surface area contributed by atoms with Crippen LogP contribution >= 0.6 is 0 Å². The van der Waals surface area contributed by atoms with E-state index in [4.69, 9.17) is 9.47 Å². The number of para-hydroxylation sites is 2. The first-order valence-electron chi connectivity index (χ1n) is 8.51. The van der Waals surface area contributed by atoms with Crippen LogP contribution in [-0.4, -0.2) is 19.8 Å². The van der Waals surface area contributed by atoms with Gasteiger partial charge in [0.15, 0.2) is 0 Å². The summed E-state index contributed by atoms with van der Waals surface area (Å²) in [6.45, 7) is 6.44. The third-order valence-electron chi connectivity index (χ3n) is 3.66. The van der Waals surface area contributed by atoms with Crippen LogP contribution in [0, 0.1) is 0 Å². The molecule has 1 N–H and O–H groups in total. The van der Waals surface area contributed by atoms with Gasteiger partial charge in [-0.1, -0.05) is 44.5 Å². The average molecular weight is 313 g/mol. The predicted molar refractivity (Wildman–Crippen MR) is 96.6 cm³/mol. The molecule has 0 unspecified atom stereocenters. The van der Waals surface area contributed by atoms with Crippen LogP contribution in [0.25, 0.3) is 0 Å². The van der Waals surface area contributed by atoms with Crippen LogP contribution < -0.4 is 14.8 Å². The minimum absolute atomic E-state index is 0.620. The third-order valence-corrected chi connectivity index (χ3v) is 3.66. The van der Waals surface area contributed by atoms with Crippen LogP contribution in [0.3, 0.4) is 0 Å². The summed E-state index contributed by atoms with van der Waals surface area (Å²) in [4.78, 5) is 0. The van der Waals surface area contributed by atoms with Crippen molar-refractivity contribution in [2.75, 3.05) is 25.1 Å². The summed E-state index contributed by atoms with van der Waals surface area (Å²) in [6, 6.07) is 16.3. The molecular formula is C20H27NO2. The van der Waals surface area contributed by atoms with E-state index < -0.39 is 0 Å². The van der Waals surface area contributed by atoms with Crippen molar-refractivity contribution in [3.8, 4) is 11.5 Å². The maximum atomic E-state index is 5.82. The molecule has 0 atom stereocenters. The Balaban J connectivity index is 1.77. The summed E-state index contributed by atoms with van der Waals surface area (Å²) in [5.41, 5.74) is 2.35. The van der Waals surface area contributed by atoms with Crippen LogP contribution in [0.2, 0.25) is 0 Å². The molecule has 0 spiro atoms. The zero-order valence-electron chi connectivity index (χ0n) is 14.2. The lowest BCUT2D eigenvalue weighted by molar-refractivity contribution is 0.309. The summed E-state index contributed by atoms with van der Waals surface area (Å²) in [5, 5.41) is 3.38. The molecule has 0 bridgehead atoms. The van der Waals surface area contributed by atoms with Gasteiger partial charge in [-0.25, -0.2) is 0 Å². The van der Waals surface area contributed by atoms with E-state index in [-0.39, 0.29) is 0 Å². The number of rotatable bonds is 10. The van der Waals surface area contributed by atoms with Gasteiger partial charge in [0.2, 0.25) is 0 Å². The van der Waals surface area contributed by atoms with Crippen molar-refractivity contribution >= 4 is 5.69 Å². The number of nitrogens with one attached hydrogen (secondary N) is 1. The van der Waals surface area contributed by atoms with E-state index in [2.05, 4.69) is 31.3 Å². The Morgan fingerprint density at radius 1 is 0.870 bits per heavy atom. The van der Waals surface area contributed by atoms with Crippen molar-refractivity contribution in [2.45, 2.75) is 33.1 Å². The van der Waals surface area contributed by atoms with Crippen molar-refractivity contribution in [2.24, 2.45) is 0 Å². The molecule has 2 rings (SSSR count). The SMILES string of the molecule is CCCCOc1ccccc1NCCOc1ccc(CC)cc1. The van der Waals surface area contributed by atoms with Gasteiger partial charge >= 0.3 is 0 Å². The van der Waals surface area contributed by atoms with Crippen LogP contribution in [0.4, 0.5) is 5.69 Å². The lowest BCUT2D eigenvalue weighted by Gasteiger charge is -2.13. The summed E-state index contributed by atoms with van der Waals surface area (Å²) < 4.78 is 11.6. The van der Waals surface area contributed by atoms with Gasteiger partial charge in [-0.2, -0.15) is 0 Å². The van der Waals surface area contributed by atoms with Gasteiger partial charge in [0.05, 0.1) is 12.3 Å². The second-order valence-electron chi connectivity index (χ2n) is 5.47. The molecule has 3 nitrogen and oxygen atoms in total. The second-order valence-corrected chi connectivity index (χ2v) is 5.47. The molecule has 0 saturated heterocycles. The van der Waals surface area contributed by atoms with E-state index in [0.717, 1.165) is 49.6 Å². The van der Waals surface area contributed by atoms with Crippen molar-refractivity contribution in [3.05, 3.63) is 54.1 Å². The highest BCUT2D eigenvalue weighted by Crippen LogP contribution is 2.23. The molecule has 0 aromatic heterocycles. The topological polar surface area (TPSA) is 30.5 Å². The van der Waals surface area contributed by atoms with Gasteiger partial charge in [-0.05, 0) is 42.7 Å². The van der Waals surface area contributed by atoms with Crippen molar-refractivity contribution in [1.29, 1.82) is 0 Å². The maximum absolute atomic E-state index is 5.82. The van der Waals surface area contributed by atoms with Gasteiger partial charge in [0.1, 0.15) is 18.1 Å². The van der Waals surface area contributed by atoms with E-state index in [0.29, 0.717) is 6.61 Å². The summed E-state index contributed by atoms with van der Waals surface area (Å²) in [7, 11) is 0. The van der Waals surface area contributed by atoms with Gasteiger partial charge in [0, 0.05) is 6.54 Å². The van der Waals surface area contributed by atoms with Crippen molar-refractivity contribution in [3.63, 3.8) is 0 Å². The highest BCUT2D eigenvalue weighted by atomic mass is 16.5. The zero-order chi connectivity index (χ0) is 16.3. The number of ether oxygens (including phenoxy) is 2. The third kappa shape index (κ3) is 5.85. The first-order valence-corrected chi connectivity index (χ1v) is 8.51. The molecule has 0 heterocycles. The van der Waals surface area contributed by atoms with Gasteiger partial charge < -0.3 is 14.8 Å². The summed E-state index contributed by atoms with van der Waals surface area (Å²) in [5.74, 6) is 1.82. The number of benzene rings is 2. The number of hydrogen-bond donors (Lipinski definition) is 1. The van der Waals surface area contributed by atoms with Gasteiger partial charge in [-0.3, -0.25) is 0 Å². The van der Waals surface area contributed by atoms with Crippen LogP contribution in [-0.2, 0) is 6.42 Å². The van der Waals surface area contributed by atoms with Crippen molar-refractivity contribution < 1.29 is 9.47 Å². The Bertz CT molecular complexity index is 566. The molecule has 3 heteroatoms. The van der Waals surface area contributed by atoms with E-state index in [1.165, 1.54) is 5.56 Å². The smallest absolute Gasteiger partial charge is 0.142 e. The first kappa shape index (κ1) is 17.2. The standard InChI is InChI=1S/C20H27NO2/c1-3-5-15-23-20-9-7-6-8-19(20)21-14-16-22-18-12-10-17(4-2)11-13-18/h6-13,21H,3-5,14-16H2,1-2H3. The summed E-state index contributed by atoms with van der Waals surface area (Å²) in [6.07, 6.45) is 3.27. The minimum Gasteiger partial charge on any atom is -0.492 e. The first-order chi connectivity index (χ1) is 11.3. The molecule has 23 heavy (non-hydrogen) atoms. The van der Waals surface area contributed by atoms with Crippen LogP contribution in [0.15, 0.2) is 48.5 Å². The molecule has 124 valence electrons. The molecule has 0 aliphatic rings. The number of anilines is 1. The molecule has 0 saturated carbocycles. The van der Waals surface area contributed by atoms with E-state index in [9.17, 15) is 0 Å². The fraction of sp³-hybridized carbons (Fsp3) is 0.400. The lowest BCUT2D eigenvalue weighted by Crippen LogP contribution is -2.12. The van der Waals surface area contributed by atoms with Gasteiger partial charge in [0.25, 0.3) is 0 Å². The molecule has 0 amide bonds. The van der Waals surface area contributed by atoms with E-state index in [1.807, 2.05) is 36.4 Å². The minimum atomic E-state index is 0.620. The molecule has 0 aliphatic heterocycles. The molecule has 2 aromatic rings. The fourth-order valence-corrected chi connectivity index (χ4v) is 2.24. The van der Waals surface area contributed by atoms with Crippen LogP contribution in [0.1, 0.15) is 32.3 Å². The van der Waals surface area contributed by atoms with Gasteiger partial charge in [-0.15, -0.1) is 0 Å². The average Bonchev–Trinajstić information content (AvgIpc) is 2.60. The summed E-state index contributed by atoms with van der Waals surface area (Å²) >= 11 is 0. The van der Waals surface area contributed by atoms with E-state index in [1.54, 1.807) is 0 Å².